The molecule has 0 atom stereocenters. The third-order valence-electron chi connectivity index (χ3n) is 3.88. The van der Waals surface area contributed by atoms with Crippen LogP contribution in [0.2, 0.25) is 11.4 Å². The van der Waals surface area contributed by atoms with Crippen LogP contribution < -0.4 is 13.1 Å². The Morgan fingerprint density at radius 1 is 0.480 bits per heavy atom. The van der Waals surface area contributed by atoms with Gasteiger partial charge in [-0.1, -0.05) is 0 Å². The molecule has 0 bridgehead atoms. The second-order valence-electron chi connectivity index (χ2n) is 6.34. The van der Waals surface area contributed by atoms with Crippen molar-refractivity contribution in [2.45, 2.75) is 32.2 Å². The van der Waals surface area contributed by atoms with E-state index in [0.29, 0.717) is 15.8 Å². The summed E-state index contributed by atoms with van der Waals surface area (Å²) in [5, 5.41) is 0. The van der Waals surface area contributed by atoms with Crippen LogP contribution in [0, 0.1) is 20.8 Å². The molecule has 0 heterocycles. The zero-order chi connectivity index (χ0) is 18.2. The molecule has 0 unspecified atom stereocenters. The topological polar surface area (TPSA) is 0 Å². The monoisotopic (exact) mass is 454 g/mol. The fourth-order valence-corrected chi connectivity index (χ4v) is 7.22. The molecule has 0 fully saturated rings. The second kappa shape index (κ2) is 10.1. The maximum absolute atomic E-state index is 2.31. The van der Waals surface area contributed by atoms with E-state index in [1.165, 1.54) is 29.7 Å². The van der Waals surface area contributed by atoms with Gasteiger partial charge in [0.15, 0.2) is 0 Å². The standard InChI is InChI=1S/C21H21As.C2H7As/c1-16-4-10-19(11-5-16)22(20-12-6-17(2)7-13-20)21-14-8-18(3)9-15-21;1-3-2/h4-15H,1-3H3;3H,1-2H3. The van der Waals surface area contributed by atoms with Gasteiger partial charge in [0.25, 0.3) is 0 Å². The van der Waals surface area contributed by atoms with Gasteiger partial charge in [-0.05, 0) is 0 Å². The number of hydrogen-bond donors (Lipinski definition) is 0. The Hall–Kier alpha value is -1.22. The van der Waals surface area contributed by atoms with E-state index in [0.717, 1.165) is 0 Å². The second-order valence-corrected chi connectivity index (χ2v) is 13.1. The van der Waals surface area contributed by atoms with E-state index in [-0.39, 0.29) is 0 Å². The van der Waals surface area contributed by atoms with Crippen molar-refractivity contribution in [3.8, 4) is 0 Å². The van der Waals surface area contributed by atoms with E-state index in [2.05, 4.69) is 105 Å². The third kappa shape index (κ3) is 5.91. The van der Waals surface area contributed by atoms with Gasteiger partial charge >= 0.3 is 165 Å². The van der Waals surface area contributed by atoms with Crippen molar-refractivity contribution >= 4 is 43.5 Å². The molecule has 130 valence electrons. The van der Waals surface area contributed by atoms with Crippen LogP contribution in [0.1, 0.15) is 16.7 Å². The molecule has 0 N–H and O–H groups in total. The van der Waals surface area contributed by atoms with Gasteiger partial charge in [0.05, 0.1) is 0 Å². The fraction of sp³-hybridized carbons (Fsp3) is 0.217. The van der Waals surface area contributed by atoms with Crippen molar-refractivity contribution in [2.75, 3.05) is 0 Å². The SMILES string of the molecule is C[AsH]C.Cc1ccc([As](c2ccc(C)cc2)c2ccc(C)cc2)cc1. The Labute approximate surface area is 164 Å². The van der Waals surface area contributed by atoms with E-state index in [4.69, 9.17) is 0 Å². The van der Waals surface area contributed by atoms with Gasteiger partial charge in [0.1, 0.15) is 0 Å². The first-order chi connectivity index (χ1) is 12.0. The molecule has 0 aromatic heterocycles. The van der Waals surface area contributed by atoms with Crippen LogP contribution in [0.15, 0.2) is 72.8 Å². The van der Waals surface area contributed by atoms with Crippen molar-refractivity contribution in [1.82, 2.24) is 0 Å². The molecule has 0 saturated heterocycles. The van der Waals surface area contributed by atoms with Crippen molar-refractivity contribution in [3.05, 3.63) is 89.5 Å². The van der Waals surface area contributed by atoms with Gasteiger partial charge in [-0.25, -0.2) is 0 Å². The summed E-state index contributed by atoms with van der Waals surface area (Å²) in [6.07, 6.45) is 0. The molecule has 3 rings (SSSR count). The minimum absolute atomic E-state index is 0.500. The number of hydrogen-bond acceptors (Lipinski definition) is 0. The van der Waals surface area contributed by atoms with Crippen molar-refractivity contribution in [1.29, 1.82) is 0 Å². The fourth-order valence-electron chi connectivity index (χ4n) is 2.53. The molecule has 0 saturated carbocycles. The molecule has 0 aliphatic heterocycles. The summed E-state index contributed by atoms with van der Waals surface area (Å²) in [6, 6.07) is 27.3. The van der Waals surface area contributed by atoms with Crippen LogP contribution in [0.4, 0.5) is 0 Å². The van der Waals surface area contributed by atoms with Gasteiger partial charge in [0.2, 0.25) is 0 Å². The van der Waals surface area contributed by atoms with Crippen LogP contribution in [-0.4, -0.2) is 30.4 Å². The Bertz CT molecular complexity index is 649. The number of rotatable bonds is 3. The third-order valence-corrected chi connectivity index (χ3v) is 9.00. The van der Waals surface area contributed by atoms with Crippen LogP contribution in [0.3, 0.4) is 0 Å². The maximum atomic E-state index is 2.31. The number of aryl methyl sites for hydroxylation is 3. The van der Waals surface area contributed by atoms with E-state index in [1.807, 2.05) is 0 Å². The van der Waals surface area contributed by atoms with Gasteiger partial charge in [-0.2, -0.15) is 0 Å². The molecule has 0 aliphatic rings. The van der Waals surface area contributed by atoms with E-state index in [1.54, 1.807) is 0 Å². The average molecular weight is 454 g/mol. The molecular formula is C23H28As2. The summed E-state index contributed by atoms with van der Waals surface area (Å²) < 4.78 is 4.47. The normalized spacial score (nSPS) is 10.3. The Morgan fingerprint density at radius 3 is 0.880 bits per heavy atom. The number of benzene rings is 3. The first-order valence-corrected chi connectivity index (χ1v) is 15.6. The quantitative estimate of drug-likeness (QED) is 0.531. The van der Waals surface area contributed by atoms with Crippen LogP contribution in [-0.2, 0) is 0 Å². The minimum atomic E-state index is -1.45. The Balaban J connectivity index is 0.000000701. The summed E-state index contributed by atoms with van der Waals surface area (Å²) in [6.45, 7) is 6.45. The summed E-state index contributed by atoms with van der Waals surface area (Å²) in [4.78, 5) is 0. The summed E-state index contributed by atoms with van der Waals surface area (Å²) in [7, 11) is 0. The van der Waals surface area contributed by atoms with Gasteiger partial charge in [0, 0.05) is 0 Å². The zero-order valence-corrected chi connectivity index (χ0v) is 19.9. The van der Waals surface area contributed by atoms with E-state index < -0.39 is 14.7 Å². The first-order valence-electron chi connectivity index (χ1n) is 8.63. The van der Waals surface area contributed by atoms with Crippen molar-refractivity contribution in [3.63, 3.8) is 0 Å². The molecule has 0 aliphatic carbocycles. The van der Waals surface area contributed by atoms with Crippen LogP contribution in [0.25, 0.3) is 0 Å². The van der Waals surface area contributed by atoms with Gasteiger partial charge in [-0.3, -0.25) is 0 Å². The Morgan fingerprint density at radius 2 is 0.680 bits per heavy atom. The van der Waals surface area contributed by atoms with Gasteiger partial charge < -0.3 is 0 Å². The average Bonchev–Trinajstić information content (AvgIpc) is 2.61. The first kappa shape index (κ1) is 20.1. The van der Waals surface area contributed by atoms with Crippen LogP contribution >= 0.6 is 0 Å². The molecular weight excluding hydrogens is 426 g/mol. The predicted molar refractivity (Wildman–Crippen MR) is 117 cm³/mol. The molecule has 0 nitrogen and oxygen atoms in total. The summed E-state index contributed by atoms with van der Waals surface area (Å²) in [5.74, 6) is 0. The zero-order valence-electron chi connectivity index (χ0n) is 15.9. The molecule has 3 aromatic carbocycles. The van der Waals surface area contributed by atoms with E-state index in [9.17, 15) is 0 Å². The Kier molecular flexibility index (Phi) is 8.08. The predicted octanol–water partition coefficient (Wildman–Crippen LogP) is 3.65. The van der Waals surface area contributed by atoms with Crippen molar-refractivity contribution < 1.29 is 0 Å². The molecule has 3 aromatic rings. The summed E-state index contributed by atoms with van der Waals surface area (Å²) in [5.41, 5.74) is 8.47. The molecule has 0 amide bonds. The molecule has 0 radical (unpaired) electrons. The molecule has 2 heteroatoms. The molecule has 0 spiro atoms. The van der Waals surface area contributed by atoms with E-state index >= 15 is 0 Å². The van der Waals surface area contributed by atoms with Crippen LogP contribution in [0.5, 0.6) is 0 Å². The van der Waals surface area contributed by atoms with Crippen molar-refractivity contribution in [2.24, 2.45) is 0 Å². The van der Waals surface area contributed by atoms with Gasteiger partial charge in [-0.15, -0.1) is 0 Å². The molecule has 25 heavy (non-hydrogen) atoms. The summed E-state index contributed by atoms with van der Waals surface area (Å²) >= 11 is -0.954.